The average molecular weight is 418 g/mol. The van der Waals surface area contributed by atoms with Gasteiger partial charge in [-0.2, -0.15) is 0 Å². The van der Waals surface area contributed by atoms with E-state index in [2.05, 4.69) is 12.1 Å². The van der Waals surface area contributed by atoms with Crippen molar-refractivity contribution in [1.29, 1.82) is 0 Å². The van der Waals surface area contributed by atoms with Crippen LogP contribution in [0.25, 0.3) is 11.1 Å². The number of quaternary nitrogens is 1. The van der Waals surface area contributed by atoms with Crippen LogP contribution >= 0.6 is 0 Å². The number of hydrogen-bond acceptors (Lipinski definition) is 3. The maximum absolute atomic E-state index is 13.0. The van der Waals surface area contributed by atoms with Gasteiger partial charge in [0.05, 0.1) is 46.0 Å². The first-order chi connectivity index (χ1) is 15.2. The highest BCUT2D eigenvalue weighted by atomic mass is 16.5. The number of ether oxygens (including phenoxy) is 2. The fourth-order valence-corrected chi connectivity index (χ4v) is 4.11. The zero-order valence-corrected chi connectivity index (χ0v) is 18.1. The lowest BCUT2D eigenvalue weighted by Crippen LogP contribution is -3.13. The highest BCUT2D eigenvalue weighted by molar-refractivity contribution is 5.94. The van der Waals surface area contributed by atoms with E-state index >= 15 is 0 Å². The Morgan fingerprint density at radius 3 is 2.19 bits per heavy atom. The van der Waals surface area contributed by atoms with Gasteiger partial charge in [0.15, 0.2) is 0 Å². The van der Waals surface area contributed by atoms with Crippen LogP contribution in [-0.2, 0) is 6.54 Å². The highest BCUT2D eigenvalue weighted by Gasteiger charge is 2.25. The molecule has 0 radical (unpaired) electrons. The van der Waals surface area contributed by atoms with Crippen molar-refractivity contribution in [3.8, 4) is 22.6 Å². The van der Waals surface area contributed by atoms with E-state index in [0.29, 0.717) is 0 Å². The second kappa shape index (κ2) is 9.67. The molecule has 0 spiro atoms. The van der Waals surface area contributed by atoms with E-state index in [4.69, 9.17) is 9.47 Å². The second-order valence-electron chi connectivity index (χ2n) is 7.84. The van der Waals surface area contributed by atoms with E-state index in [1.165, 1.54) is 4.90 Å². The molecule has 3 aromatic carbocycles. The number of benzene rings is 3. The van der Waals surface area contributed by atoms with Crippen molar-refractivity contribution >= 4 is 5.91 Å². The van der Waals surface area contributed by atoms with Crippen LogP contribution in [0.4, 0.5) is 0 Å². The van der Waals surface area contributed by atoms with Crippen LogP contribution in [0, 0.1) is 0 Å². The molecule has 5 heteroatoms. The summed E-state index contributed by atoms with van der Waals surface area (Å²) in [6.07, 6.45) is 0. The maximum atomic E-state index is 13.0. The Hall–Kier alpha value is -3.31. The molecule has 1 amide bonds. The summed E-state index contributed by atoms with van der Waals surface area (Å²) in [4.78, 5) is 16.4. The molecule has 0 unspecified atom stereocenters. The monoisotopic (exact) mass is 417 g/mol. The molecular weight excluding hydrogens is 388 g/mol. The van der Waals surface area contributed by atoms with Crippen molar-refractivity contribution in [2.75, 3.05) is 40.4 Å². The number of piperazine rings is 1. The molecular formula is C26H29N2O3+. The van der Waals surface area contributed by atoms with Crippen LogP contribution in [0.15, 0.2) is 72.8 Å². The van der Waals surface area contributed by atoms with Crippen LogP contribution < -0.4 is 14.4 Å². The molecule has 0 saturated carbocycles. The van der Waals surface area contributed by atoms with Crippen molar-refractivity contribution in [1.82, 2.24) is 4.90 Å². The van der Waals surface area contributed by atoms with Gasteiger partial charge >= 0.3 is 0 Å². The van der Waals surface area contributed by atoms with E-state index in [-0.39, 0.29) is 5.91 Å². The molecule has 1 aliphatic rings. The minimum atomic E-state index is 0.109. The molecule has 1 fully saturated rings. The molecule has 1 aliphatic heterocycles. The van der Waals surface area contributed by atoms with Gasteiger partial charge in [0.1, 0.15) is 18.0 Å². The number of methoxy groups -OCH3 is 2. The Kier molecular flexibility index (Phi) is 6.53. The fourth-order valence-electron chi connectivity index (χ4n) is 4.11. The maximum Gasteiger partial charge on any atom is 0.254 e. The minimum absolute atomic E-state index is 0.109. The first-order valence-corrected chi connectivity index (χ1v) is 10.7. The second-order valence-corrected chi connectivity index (χ2v) is 7.84. The molecule has 4 rings (SSSR count). The van der Waals surface area contributed by atoms with E-state index in [9.17, 15) is 4.79 Å². The Morgan fingerprint density at radius 1 is 0.871 bits per heavy atom. The lowest BCUT2D eigenvalue weighted by Gasteiger charge is -2.32. The van der Waals surface area contributed by atoms with Crippen molar-refractivity contribution < 1.29 is 19.2 Å². The molecule has 160 valence electrons. The van der Waals surface area contributed by atoms with Crippen molar-refractivity contribution in [2.24, 2.45) is 0 Å². The Bertz CT molecular complexity index is 1010. The van der Waals surface area contributed by atoms with Gasteiger partial charge in [-0.3, -0.25) is 4.79 Å². The summed E-state index contributed by atoms with van der Waals surface area (Å²) in [5.74, 6) is 1.82. The molecule has 0 aromatic heterocycles. The smallest absolute Gasteiger partial charge is 0.254 e. The van der Waals surface area contributed by atoms with Gasteiger partial charge in [-0.1, -0.05) is 42.5 Å². The number of nitrogens with one attached hydrogen (secondary N) is 1. The lowest BCUT2D eigenvalue weighted by molar-refractivity contribution is -0.917. The third-order valence-corrected chi connectivity index (χ3v) is 5.92. The topological polar surface area (TPSA) is 43.2 Å². The summed E-state index contributed by atoms with van der Waals surface area (Å²) in [6, 6.07) is 24.0. The van der Waals surface area contributed by atoms with Gasteiger partial charge in [-0.25, -0.2) is 0 Å². The van der Waals surface area contributed by atoms with E-state index < -0.39 is 0 Å². The van der Waals surface area contributed by atoms with Crippen molar-refractivity contribution in [3.63, 3.8) is 0 Å². The van der Waals surface area contributed by atoms with E-state index in [1.54, 1.807) is 14.2 Å². The minimum Gasteiger partial charge on any atom is -0.497 e. The number of carbonyl (C=O) groups is 1. The van der Waals surface area contributed by atoms with Crippen LogP contribution in [0.2, 0.25) is 0 Å². The molecule has 31 heavy (non-hydrogen) atoms. The third kappa shape index (κ3) is 4.89. The van der Waals surface area contributed by atoms with Crippen LogP contribution in [0.5, 0.6) is 11.5 Å². The van der Waals surface area contributed by atoms with Crippen LogP contribution in [0.3, 0.4) is 0 Å². The first-order valence-electron chi connectivity index (χ1n) is 10.7. The molecule has 3 aromatic rings. The quantitative estimate of drug-likeness (QED) is 0.671. The van der Waals surface area contributed by atoms with Gasteiger partial charge < -0.3 is 19.3 Å². The zero-order chi connectivity index (χ0) is 21.6. The number of amides is 1. The van der Waals surface area contributed by atoms with Crippen LogP contribution in [0.1, 0.15) is 15.9 Å². The predicted molar refractivity (Wildman–Crippen MR) is 122 cm³/mol. The molecule has 1 saturated heterocycles. The zero-order valence-electron chi connectivity index (χ0n) is 18.1. The highest BCUT2D eigenvalue weighted by Crippen LogP contribution is 2.23. The number of rotatable bonds is 6. The number of hydrogen-bond donors (Lipinski definition) is 1. The summed E-state index contributed by atoms with van der Waals surface area (Å²) < 4.78 is 10.9. The Balaban J connectivity index is 1.36. The Morgan fingerprint density at radius 2 is 1.55 bits per heavy atom. The lowest BCUT2D eigenvalue weighted by atomic mass is 10.0. The van der Waals surface area contributed by atoms with Gasteiger partial charge in [-0.05, 0) is 41.5 Å². The fraction of sp³-hybridized carbons (Fsp3) is 0.269. The van der Waals surface area contributed by atoms with E-state index in [0.717, 1.165) is 66.5 Å². The summed E-state index contributed by atoms with van der Waals surface area (Å²) in [5.41, 5.74) is 4.16. The number of nitrogens with zero attached hydrogens (tertiary/aromatic N) is 1. The predicted octanol–water partition coefficient (Wildman–Crippen LogP) is 2.91. The third-order valence-electron chi connectivity index (χ3n) is 5.92. The Labute approximate surface area is 183 Å². The van der Waals surface area contributed by atoms with E-state index in [1.807, 2.05) is 65.6 Å². The number of carbonyl (C=O) groups excluding carboxylic acids is 1. The van der Waals surface area contributed by atoms with Crippen molar-refractivity contribution in [3.05, 3.63) is 83.9 Å². The molecule has 0 bridgehead atoms. The first kappa shape index (κ1) is 20.9. The summed E-state index contributed by atoms with van der Waals surface area (Å²) in [7, 11) is 3.37. The van der Waals surface area contributed by atoms with Gasteiger partial charge in [-0.15, -0.1) is 0 Å². The molecule has 5 nitrogen and oxygen atoms in total. The standard InChI is InChI=1S/C26H28N2O3/c1-30-24-12-13-25(31-2)23(18-24)19-27-14-16-28(17-15-27)26(29)22-10-8-21(9-11-22)20-6-4-3-5-7-20/h3-13,18H,14-17,19H2,1-2H3/p+1. The van der Waals surface area contributed by atoms with Gasteiger partial charge in [0.25, 0.3) is 5.91 Å². The van der Waals surface area contributed by atoms with Crippen molar-refractivity contribution in [2.45, 2.75) is 6.54 Å². The normalized spacial score (nSPS) is 14.3. The average Bonchev–Trinajstić information content (AvgIpc) is 2.84. The molecule has 1 heterocycles. The molecule has 0 atom stereocenters. The summed E-state index contributed by atoms with van der Waals surface area (Å²) >= 11 is 0. The van der Waals surface area contributed by atoms with Gasteiger partial charge in [0, 0.05) is 5.56 Å². The largest absolute Gasteiger partial charge is 0.497 e. The summed E-state index contributed by atoms with van der Waals surface area (Å²) in [5, 5.41) is 0. The summed E-state index contributed by atoms with van der Waals surface area (Å²) in [6.45, 7) is 4.18. The van der Waals surface area contributed by atoms with Gasteiger partial charge in [0.2, 0.25) is 0 Å². The molecule has 1 N–H and O–H groups in total. The molecule has 0 aliphatic carbocycles. The van der Waals surface area contributed by atoms with Crippen LogP contribution in [-0.4, -0.2) is 51.2 Å². The SMILES string of the molecule is COc1ccc(OC)c(C[NH+]2CCN(C(=O)c3ccc(-c4ccccc4)cc3)CC2)c1.